The van der Waals surface area contributed by atoms with E-state index in [0.717, 1.165) is 0 Å². The zero-order valence-corrected chi connectivity index (χ0v) is 6.36. The second-order valence-corrected chi connectivity index (χ2v) is 2.68. The van der Waals surface area contributed by atoms with E-state index in [1.165, 1.54) is 13.8 Å². The Kier molecular flexibility index (Phi) is 2.79. The molecule has 0 aromatic heterocycles. The van der Waals surface area contributed by atoms with Crippen molar-refractivity contribution in [2.24, 2.45) is 5.73 Å². The van der Waals surface area contributed by atoms with Crippen LogP contribution in [0.3, 0.4) is 0 Å². The quantitative estimate of drug-likeness (QED) is 0.471. The van der Waals surface area contributed by atoms with Crippen LogP contribution in [-0.4, -0.2) is 23.2 Å². The maximum atomic E-state index is 10.2. The molecule has 6 nitrogen and oxygen atoms in total. The fourth-order valence-electron chi connectivity index (χ4n) is 0.300. The lowest BCUT2D eigenvalue weighted by molar-refractivity contribution is -0.563. The minimum absolute atomic E-state index is 0.310. The summed E-state index contributed by atoms with van der Waals surface area (Å²) in [6, 6.07) is 0. The minimum Gasteiger partial charge on any atom is -0.442 e. The molecular formula is C5H10N2O4. The first-order chi connectivity index (χ1) is 4.86. The summed E-state index contributed by atoms with van der Waals surface area (Å²) in [4.78, 5) is 19.7. The van der Waals surface area contributed by atoms with Crippen LogP contribution in [0.4, 0.5) is 4.79 Å². The van der Waals surface area contributed by atoms with Crippen LogP contribution in [0.1, 0.15) is 13.8 Å². The smallest absolute Gasteiger partial charge is 0.404 e. The summed E-state index contributed by atoms with van der Waals surface area (Å²) in [5.74, 6) is 0. The first kappa shape index (κ1) is 9.67. The van der Waals surface area contributed by atoms with E-state index in [2.05, 4.69) is 10.5 Å². The van der Waals surface area contributed by atoms with Crippen molar-refractivity contribution in [2.75, 3.05) is 6.61 Å². The van der Waals surface area contributed by atoms with Crippen molar-refractivity contribution in [1.82, 2.24) is 0 Å². The SMILES string of the molecule is CC(C)(COC(N)=O)[N+](=O)[O-]. The number of amides is 1. The van der Waals surface area contributed by atoms with Gasteiger partial charge in [0.25, 0.3) is 0 Å². The molecule has 11 heavy (non-hydrogen) atoms. The second kappa shape index (κ2) is 3.18. The molecule has 2 N–H and O–H groups in total. The molecule has 0 aliphatic heterocycles. The molecule has 0 saturated heterocycles. The molecule has 64 valence electrons. The average Bonchev–Trinajstić information content (AvgIpc) is 1.84. The molecule has 0 heterocycles. The summed E-state index contributed by atoms with van der Waals surface area (Å²) in [5.41, 5.74) is 3.35. The first-order valence-corrected chi connectivity index (χ1v) is 2.93. The molecule has 0 aromatic rings. The third kappa shape index (κ3) is 3.39. The van der Waals surface area contributed by atoms with E-state index in [4.69, 9.17) is 0 Å². The van der Waals surface area contributed by atoms with E-state index in [9.17, 15) is 14.9 Å². The van der Waals surface area contributed by atoms with Gasteiger partial charge in [0, 0.05) is 18.8 Å². The molecule has 0 rings (SSSR count). The van der Waals surface area contributed by atoms with Crippen molar-refractivity contribution >= 4 is 6.09 Å². The molecule has 6 heteroatoms. The monoisotopic (exact) mass is 162 g/mol. The van der Waals surface area contributed by atoms with Crippen LogP contribution >= 0.6 is 0 Å². The number of rotatable bonds is 3. The van der Waals surface area contributed by atoms with Crippen molar-refractivity contribution in [2.45, 2.75) is 19.4 Å². The van der Waals surface area contributed by atoms with E-state index in [-0.39, 0.29) is 6.61 Å². The maximum Gasteiger partial charge on any atom is 0.404 e. The predicted molar refractivity (Wildman–Crippen MR) is 36.6 cm³/mol. The highest BCUT2D eigenvalue weighted by Crippen LogP contribution is 2.07. The van der Waals surface area contributed by atoms with E-state index < -0.39 is 16.6 Å². The summed E-state index contributed by atoms with van der Waals surface area (Å²) >= 11 is 0. The highest BCUT2D eigenvalue weighted by Gasteiger charge is 2.32. The summed E-state index contributed by atoms with van der Waals surface area (Å²) in [6.07, 6.45) is -1.00. The zero-order valence-electron chi connectivity index (χ0n) is 6.36. The molecule has 0 bridgehead atoms. The second-order valence-electron chi connectivity index (χ2n) is 2.68. The largest absolute Gasteiger partial charge is 0.442 e. The van der Waals surface area contributed by atoms with Crippen LogP contribution in [0.5, 0.6) is 0 Å². The van der Waals surface area contributed by atoms with Gasteiger partial charge in [0.05, 0.1) is 0 Å². The molecule has 0 unspecified atom stereocenters. The molecule has 0 aromatic carbocycles. The Morgan fingerprint density at radius 1 is 1.73 bits per heavy atom. The molecule has 0 spiro atoms. The first-order valence-electron chi connectivity index (χ1n) is 2.93. The van der Waals surface area contributed by atoms with Crippen LogP contribution in [-0.2, 0) is 4.74 Å². The summed E-state index contributed by atoms with van der Waals surface area (Å²) in [5, 5.41) is 10.2. The average molecular weight is 162 g/mol. The highest BCUT2D eigenvalue weighted by molar-refractivity contribution is 5.64. The molecule has 0 atom stereocenters. The van der Waals surface area contributed by atoms with Crippen molar-refractivity contribution in [3.05, 3.63) is 10.1 Å². The van der Waals surface area contributed by atoms with Gasteiger partial charge in [-0.2, -0.15) is 0 Å². The molecule has 0 radical (unpaired) electrons. The Bertz CT molecular complexity index is 177. The fraction of sp³-hybridized carbons (Fsp3) is 0.800. The van der Waals surface area contributed by atoms with Gasteiger partial charge in [-0.05, 0) is 0 Å². The van der Waals surface area contributed by atoms with Gasteiger partial charge in [0.1, 0.15) is 0 Å². The molecule has 1 amide bonds. The van der Waals surface area contributed by atoms with Gasteiger partial charge in [-0.25, -0.2) is 4.79 Å². The van der Waals surface area contributed by atoms with E-state index in [1.54, 1.807) is 0 Å². The summed E-state index contributed by atoms with van der Waals surface area (Å²) in [6.45, 7) is 2.38. The van der Waals surface area contributed by atoms with Crippen molar-refractivity contribution in [3.63, 3.8) is 0 Å². The molecule has 0 aliphatic carbocycles. The third-order valence-electron chi connectivity index (χ3n) is 1.06. The number of primary amides is 1. The predicted octanol–water partition coefficient (Wildman–Crippen LogP) is 0.137. The van der Waals surface area contributed by atoms with Gasteiger partial charge in [-0.15, -0.1) is 0 Å². The lowest BCUT2D eigenvalue weighted by Crippen LogP contribution is -2.38. The van der Waals surface area contributed by atoms with Crippen LogP contribution in [0, 0.1) is 10.1 Å². The van der Waals surface area contributed by atoms with E-state index in [0.29, 0.717) is 0 Å². The standard InChI is InChI=1S/C5H10N2O4/c1-5(2,7(9)10)3-11-4(6)8/h3H2,1-2H3,(H2,6,8). The number of carbonyl (C=O) groups excluding carboxylic acids is 1. The lowest BCUT2D eigenvalue weighted by Gasteiger charge is -2.13. The van der Waals surface area contributed by atoms with Gasteiger partial charge in [-0.1, -0.05) is 0 Å². The van der Waals surface area contributed by atoms with Gasteiger partial charge in [0.2, 0.25) is 5.54 Å². The lowest BCUT2D eigenvalue weighted by atomic mass is 10.1. The number of hydrogen-bond donors (Lipinski definition) is 1. The normalized spacial score (nSPS) is 10.7. The zero-order chi connectivity index (χ0) is 9.07. The van der Waals surface area contributed by atoms with Crippen LogP contribution in [0.2, 0.25) is 0 Å². The van der Waals surface area contributed by atoms with Crippen LogP contribution < -0.4 is 5.73 Å². The Balaban J connectivity index is 3.92. The topological polar surface area (TPSA) is 95.5 Å². The van der Waals surface area contributed by atoms with Gasteiger partial charge in [0.15, 0.2) is 6.61 Å². The van der Waals surface area contributed by atoms with Gasteiger partial charge < -0.3 is 10.5 Å². The molecule has 0 fully saturated rings. The van der Waals surface area contributed by atoms with Crippen molar-refractivity contribution < 1.29 is 14.5 Å². The van der Waals surface area contributed by atoms with E-state index in [1.807, 2.05) is 0 Å². The number of nitro groups is 1. The Labute approximate surface area is 63.5 Å². The number of carbonyl (C=O) groups is 1. The molecule has 0 saturated carbocycles. The number of ether oxygens (including phenoxy) is 1. The Morgan fingerprint density at radius 3 is 2.45 bits per heavy atom. The fourth-order valence-corrected chi connectivity index (χ4v) is 0.300. The Hall–Kier alpha value is -1.33. The highest BCUT2D eigenvalue weighted by atomic mass is 16.6. The Morgan fingerprint density at radius 2 is 2.18 bits per heavy atom. The van der Waals surface area contributed by atoms with Crippen LogP contribution in [0.25, 0.3) is 0 Å². The van der Waals surface area contributed by atoms with Crippen LogP contribution in [0.15, 0.2) is 0 Å². The van der Waals surface area contributed by atoms with Gasteiger partial charge >= 0.3 is 6.09 Å². The molecule has 0 aliphatic rings. The molecular weight excluding hydrogens is 152 g/mol. The summed E-state index contributed by atoms with van der Waals surface area (Å²) < 4.78 is 4.27. The number of nitrogens with two attached hydrogens (primary N) is 1. The van der Waals surface area contributed by atoms with E-state index >= 15 is 0 Å². The maximum absolute atomic E-state index is 10.2. The third-order valence-corrected chi connectivity index (χ3v) is 1.06. The minimum atomic E-state index is -1.27. The number of hydrogen-bond acceptors (Lipinski definition) is 4. The van der Waals surface area contributed by atoms with Crippen molar-refractivity contribution in [1.29, 1.82) is 0 Å². The van der Waals surface area contributed by atoms with Crippen molar-refractivity contribution in [3.8, 4) is 0 Å². The summed E-state index contributed by atoms with van der Waals surface area (Å²) in [7, 11) is 0. The number of nitrogens with zero attached hydrogens (tertiary/aromatic N) is 1. The van der Waals surface area contributed by atoms with Gasteiger partial charge in [-0.3, -0.25) is 10.1 Å².